The maximum Gasteiger partial charge on any atom is 0.189 e. The maximum absolute atomic E-state index is 6.07. The van der Waals surface area contributed by atoms with E-state index < -0.39 is 0 Å². The predicted molar refractivity (Wildman–Crippen MR) is 98.8 cm³/mol. The van der Waals surface area contributed by atoms with E-state index in [1.807, 2.05) is 18.2 Å². The second kappa shape index (κ2) is 6.81. The van der Waals surface area contributed by atoms with Crippen molar-refractivity contribution in [3.63, 3.8) is 0 Å². The first-order valence-corrected chi connectivity index (χ1v) is 8.37. The highest BCUT2D eigenvalue weighted by Gasteiger charge is 2.35. The molecule has 3 rings (SSSR count). The molecule has 0 aliphatic heterocycles. The summed E-state index contributed by atoms with van der Waals surface area (Å²) in [6.07, 6.45) is 6.97. The second-order valence-electron chi connectivity index (χ2n) is 5.54. The first kappa shape index (κ1) is 15.5. The minimum atomic E-state index is 0.407. The molecule has 0 unspecified atom stereocenters. The number of para-hydroxylation sites is 1. The average molecular weight is 353 g/mol. The van der Waals surface area contributed by atoms with Crippen LogP contribution in [0.3, 0.4) is 0 Å². The van der Waals surface area contributed by atoms with Crippen LogP contribution in [0.15, 0.2) is 36.4 Å². The zero-order chi connectivity index (χ0) is 15.5. The van der Waals surface area contributed by atoms with Gasteiger partial charge in [0, 0.05) is 6.04 Å². The SMILES string of the molecule is S=C(NNC(=S)N[C@@H]1C[C@@H]2C=C[C@@H]1C2)Nc1ccccc1Cl. The van der Waals surface area contributed by atoms with Crippen LogP contribution in [0.2, 0.25) is 5.02 Å². The van der Waals surface area contributed by atoms with Crippen LogP contribution in [0, 0.1) is 11.8 Å². The fourth-order valence-corrected chi connectivity index (χ4v) is 3.53. The van der Waals surface area contributed by atoms with Crippen molar-refractivity contribution < 1.29 is 0 Å². The molecule has 0 radical (unpaired) electrons. The van der Waals surface area contributed by atoms with Crippen molar-refractivity contribution >= 4 is 51.9 Å². The third-order valence-electron chi connectivity index (χ3n) is 4.01. The highest BCUT2D eigenvalue weighted by atomic mass is 35.5. The van der Waals surface area contributed by atoms with Crippen molar-refractivity contribution in [1.82, 2.24) is 16.2 Å². The molecule has 3 atom stereocenters. The van der Waals surface area contributed by atoms with Gasteiger partial charge >= 0.3 is 0 Å². The molecule has 1 fully saturated rings. The van der Waals surface area contributed by atoms with Gasteiger partial charge in [-0.25, -0.2) is 0 Å². The number of fused-ring (bicyclic) bond motifs is 2. The molecule has 4 nitrogen and oxygen atoms in total. The quantitative estimate of drug-likeness (QED) is 0.373. The zero-order valence-corrected chi connectivity index (χ0v) is 14.2. The van der Waals surface area contributed by atoms with Crippen molar-refractivity contribution in [2.24, 2.45) is 11.8 Å². The fourth-order valence-electron chi connectivity index (χ4n) is 2.98. The molecule has 2 bridgehead atoms. The van der Waals surface area contributed by atoms with E-state index in [0.717, 1.165) is 12.1 Å². The van der Waals surface area contributed by atoms with Gasteiger partial charge < -0.3 is 10.6 Å². The van der Waals surface area contributed by atoms with Gasteiger partial charge in [-0.15, -0.1) is 0 Å². The molecule has 1 saturated carbocycles. The van der Waals surface area contributed by atoms with Crippen molar-refractivity contribution in [2.45, 2.75) is 18.9 Å². The fraction of sp³-hybridized carbons (Fsp3) is 0.333. The molecule has 116 valence electrons. The first-order chi connectivity index (χ1) is 10.6. The number of halogens is 1. The Kier molecular flexibility index (Phi) is 4.81. The summed E-state index contributed by atoms with van der Waals surface area (Å²) in [5.41, 5.74) is 6.52. The molecule has 0 saturated heterocycles. The average Bonchev–Trinajstić information content (AvgIpc) is 3.10. The molecule has 4 N–H and O–H groups in total. The van der Waals surface area contributed by atoms with E-state index in [1.165, 1.54) is 6.42 Å². The summed E-state index contributed by atoms with van der Waals surface area (Å²) >= 11 is 16.6. The largest absolute Gasteiger partial charge is 0.358 e. The molecule has 0 heterocycles. The molecule has 7 heteroatoms. The zero-order valence-electron chi connectivity index (χ0n) is 11.8. The summed E-state index contributed by atoms with van der Waals surface area (Å²) < 4.78 is 0. The number of benzene rings is 1. The Morgan fingerprint density at radius 2 is 1.82 bits per heavy atom. The van der Waals surface area contributed by atoms with Crippen LogP contribution in [-0.2, 0) is 0 Å². The Morgan fingerprint density at radius 1 is 1.05 bits per heavy atom. The summed E-state index contributed by atoms with van der Waals surface area (Å²) in [6, 6.07) is 7.83. The third-order valence-corrected chi connectivity index (χ3v) is 4.76. The number of anilines is 1. The summed E-state index contributed by atoms with van der Waals surface area (Å²) in [7, 11) is 0. The lowest BCUT2D eigenvalue weighted by atomic mass is 10.0. The van der Waals surface area contributed by atoms with Crippen molar-refractivity contribution in [1.29, 1.82) is 0 Å². The number of rotatable bonds is 2. The number of thiocarbonyl (C=S) groups is 2. The lowest BCUT2D eigenvalue weighted by molar-refractivity contribution is 0.518. The summed E-state index contributed by atoms with van der Waals surface area (Å²) in [4.78, 5) is 0. The van der Waals surface area contributed by atoms with Gasteiger partial charge in [0.15, 0.2) is 10.2 Å². The summed E-state index contributed by atoms with van der Waals surface area (Å²) in [5, 5.41) is 7.92. The Labute approximate surface area is 145 Å². The normalized spacial score (nSPS) is 24.9. The topological polar surface area (TPSA) is 48.1 Å². The van der Waals surface area contributed by atoms with E-state index in [0.29, 0.717) is 33.1 Å². The Morgan fingerprint density at radius 3 is 2.50 bits per heavy atom. The Balaban J connectivity index is 1.42. The Hall–Kier alpha value is -1.37. The minimum absolute atomic E-state index is 0.407. The molecule has 2 aliphatic carbocycles. The molecule has 0 spiro atoms. The van der Waals surface area contributed by atoms with Crippen molar-refractivity contribution in [3.8, 4) is 0 Å². The van der Waals surface area contributed by atoms with Gasteiger partial charge in [0.25, 0.3) is 0 Å². The number of allylic oxidation sites excluding steroid dienone is 1. The van der Waals surface area contributed by atoms with E-state index in [1.54, 1.807) is 6.07 Å². The lowest BCUT2D eigenvalue weighted by Gasteiger charge is -2.22. The molecule has 22 heavy (non-hydrogen) atoms. The van der Waals surface area contributed by atoms with E-state index in [4.69, 9.17) is 36.0 Å². The van der Waals surface area contributed by atoms with Gasteiger partial charge in [-0.2, -0.15) is 0 Å². The molecular formula is C15H17ClN4S2. The van der Waals surface area contributed by atoms with Crippen LogP contribution in [0.25, 0.3) is 0 Å². The van der Waals surface area contributed by atoms with Gasteiger partial charge in [-0.3, -0.25) is 10.9 Å². The lowest BCUT2D eigenvalue weighted by Crippen LogP contribution is -2.51. The highest BCUT2D eigenvalue weighted by molar-refractivity contribution is 7.80. The van der Waals surface area contributed by atoms with Crippen LogP contribution < -0.4 is 21.5 Å². The van der Waals surface area contributed by atoms with Gasteiger partial charge in [0.1, 0.15) is 0 Å². The van der Waals surface area contributed by atoms with Crippen LogP contribution in [0.5, 0.6) is 0 Å². The smallest absolute Gasteiger partial charge is 0.189 e. The van der Waals surface area contributed by atoms with E-state index in [2.05, 4.69) is 33.6 Å². The maximum atomic E-state index is 6.07. The number of hydrogen-bond donors (Lipinski definition) is 4. The van der Waals surface area contributed by atoms with Gasteiger partial charge in [0.05, 0.1) is 10.7 Å². The van der Waals surface area contributed by atoms with E-state index >= 15 is 0 Å². The number of hydrazine groups is 1. The monoisotopic (exact) mass is 352 g/mol. The number of hydrogen-bond acceptors (Lipinski definition) is 2. The minimum Gasteiger partial charge on any atom is -0.358 e. The summed E-state index contributed by atoms with van der Waals surface area (Å²) in [6.45, 7) is 0. The van der Waals surface area contributed by atoms with Crippen molar-refractivity contribution in [3.05, 3.63) is 41.4 Å². The van der Waals surface area contributed by atoms with Gasteiger partial charge in [-0.05, 0) is 61.2 Å². The van der Waals surface area contributed by atoms with Gasteiger partial charge in [0.2, 0.25) is 0 Å². The van der Waals surface area contributed by atoms with Crippen LogP contribution in [-0.4, -0.2) is 16.3 Å². The van der Waals surface area contributed by atoms with Crippen LogP contribution >= 0.6 is 36.0 Å². The second-order valence-corrected chi connectivity index (χ2v) is 6.77. The first-order valence-electron chi connectivity index (χ1n) is 7.18. The number of nitrogens with one attached hydrogen (secondary N) is 4. The standard InChI is InChI=1S/C15H17ClN4S2/c16-11-3-1-2-4-12(11)17-14(21)19-20-15(22)18-13-8-9-5-6-10(13)7-9/h1-6,9-10,13H,7-8H2,(H2,17,19,21)(H2,18,20,22)/t9-,10-,13-/m1/s1. The molecule has 0 amide bonds. The molecule has 0 aromatic heterocycles. The molecule has 1 aromatic carbocycles. The van der Waals surface area contributed by atoms with E-state index in [9.17, 15) is 0 Å². The third kappa shape index (κ3) is 3.69. The molecule has 1 aromatic rings. The van der Waals surface area contributed by atoms with E-state index in [-0.39, 0.29) is 0 Å². The van der Waals surface area contributed by atoms with Crippen LogP contribution in [0.1, 0.15) is 12.8 Å². The molecular weight excluding hydrogens is 336 g/mol. The molecule has 2 aliphatic rings. The Bertz CT molecular complexity index is 619. The highest BCUT2D eigenvalue weighted by Crippen LogP contribution is 2.38. The predicted octanol–water partition coefficient (Wildman–Crippen LogP) is 2.97. The van der Waals surface area contributed by atoms with Gasteiger partial charge in [-0.1, -0.05) is 35.9 Å². The van der Waals surface area contributed by atoms with Crippen LogP contribution in [0.4, 0.5) is 5.69 Å². The van der Waals surface area contributed by atoms with Crippen molar-refractivity contribution in [2.75, 3.05) is 5.32 Å². The summed E-state index contributed by atoms with van der Waals surface area (Å²) in [5.74, 6) is 1.30.